The van der Waals surface area contributed by atoms with Gasteiger partial charge in [-0.3, -0.25) is 0 Å². The van der Waals surface area contributed by atoms with Crippen LogP contribution in [0.25, 0.3) is 0 Å². The Balaban J connectivity index is 2.00. The molecule has 0 saturated carbocycles. The van der Waals surface area contributed by atoms with E-state index >= 15 is 0 Å². The van der Waals surface area contributed by atoms with Gasteiger partial charge >= 0.3 is 12.0 Å². The van der Waals surface area contributed by atoms with Crippen LogP contribution in [-0.2, 0) is 19.3 Å². The van der Waals surface area contributed by atoms with Crippen LogP contribution < -0.4 is 5.48 Å². The van der Waals surface area contributed by atoms with Crippen LogP contribution in [0.15, 0.2) is 22.4 Å². The van der Waals surface area contributed by atoms with Gasteiger partial charge in [0.15, 0.2) is 0 Å². The molecule has 18 heavy (non-hydrogen) atoms. The first-order chi connectivity index (χ1) is 8.74. The molecule has 0 aromatic carbocycles. The smallest absolute Gasteiger partial charge is 0.346 e. The molecule has 2 rings (SSSR count). The number of hydroxylamine groups is 3. The lowest BCUT2D eigenvalue weighted by atomic mass is 10.0. The number of amidine groups is 1. The number of methoxy groups -OCH3 is 1. The lowest BCUT2D eigenvalue weighted by Crippen LogP contribution is -2.35. The van der Waals surface area contributed by atoms with Crippen molar-refractivity contribution < 1.29 is 19.3 Å². The molecular weight excluding hydrogens is 240 g/mol. The van der Waals surface area contributed by atoms with E-state index in [4.69, 9.17) is 14.5 Å². The van der Waals surface area contributed by atoms with Gasteiger partial charge in [-0.25, -0.2) is 20.3 Å². The number of nitrogens with one attached hydrogen (secondary N) is 1. The van der Waals surface area contributed by atoms with E-state index in [0.29, 0.717) is 12.1 Å². The molecule has 0 bridgehead atoms. The fraction of sp³-hybridized carbons (Fsp3) is 0.500. The summed E-state index contributed by atoms with van der Waals surface area (Å²) < 4.78 is 4.94. The van der Waals surface area contributed by atoms with Crippen molar-refractivity contribution in [2.24, 2.45) is 15.9 Å². The molecule has 8 heteroatoms. The summed E-state index contributed by atoms with van der Waals surface area (Å²) in [5.41, 5.74) is 3.10. The van der Waals surface area contributed by atoms with Gasteiger partial charge in [-0.15, -0.1) is 4.94 Å². The van der Waals surface area contributed by atoms with E-state index in [1.54, 1.807) is 0 Å². The number of hydrogen-bond acceptors (Lipinski definition) is 8. The number of rotatable bonds is 3. The summed E-state index contributed by atoms with van der Waals surface area (Å²) in [7, 11) is 1.49. The molecule has 0 fully saturated rings. The van der Waals surface area contributed by atoms with Gasteiger partial charge in [-0.1, -0.05) is 12.2 Å². The van der Waals surface area contributed by atoms with E-state index in [-0.39, 0.29) is 12.6 Å². The van der Waals surface area contributed by atoms with Gasteiger partial charge in [-0.05, 0) is 6.42 Å². The first-order valence-electron chi connectivity index (χ1n) is 5.50. The largest absolute Gasteiger partial charge is 0.467 e. The quantitative estimate of drug-likeness (QED) is 0.771. The highest BCUT2D eigenvalue weighted by Crippen LogP contribution is 2.14. The predicted octanol–water partition coefficient (Wildman–Crippen LogP) is 0.151. The Morgan fingerprint density at radius 1 is 1.72 bits per heavy atom. The van der Waals surface area contributed by atoms with Crippen LogP contribution in [0.5, 0.6) is 0 Å². The SMILES string of the molecule is CCC1=NC(OC)=NCC1C(=O)ON1C=CNO1. The van der Waals surface area contributed by atoms with Crippen molar-refractivity contribution in [3.8, 4) is 0 Å². The van der Waals surface area contributed by atoms with E-state index in [1.165, 1.54) is 19.5 Å². The minimum absolute atomic E-state index is 0.264. The number of aliphatic imine (C=N–C) groups is 2. The fourth-order valence-corrected chi connectivity index (χ4v) is 1.56. The number of nitrogens with zero attached hydrogens (tertiary/aromatic N) is 3. The Morgan fingerprint density at radius 3 is 3.17 bits per heavy atom. The molecule has 1 unspecified atom stereocenters. The van der Waals surface area contributed by atoms with Crippen molar-refractivity contribution in [2.75, 3.05) is 13.7 Å². The van der Waals surface area contributed by atoms with Crippen LogP contribution >= 0.6 is 0 Å². The van der Waals surface area contributed by atoms with Crippen LogP contribution in [0.4, 0.5) is 0 Å². The normalized spacial score (nSPS) is 22.1. The molecule has 1 atom stereocenters. The highest BCUT2D eigenvalue weighted by molar-refractivity contribution is 6.07. The maximum absolute atomic E-state index is 11.9. The second-order valence-corrected chi connectivity index (χ2v) is 3.56. The van der Waals surface area contributed by atoms with Crippen LogP contribution in [0.3, 0.4) is 0 Å². The van der Waals surface area contributed by atoms with Crippen molar-refractivity contribution in [2.45, 2.75) is 13.3 Å². The number of ether oxygens (including phenoxy) is 1. The summed E-state index contributed by atoms with van der Waals surface area (Å²) in [6.07, 6.45) is 3.55. The molecule has 0 aromatic rings. The first kappa shape index (κ1) is 12.4. The Morgan fingerprint density at radius 2 is 2.56 bits per heavy atom. The molecule has 2 aliphatic rings. The maximum atomic E-state index is 11.9. The zero-order valence-electron chi connectivity index (χ0n) is 10.1. The fourth-order valence-electron chi connectivity index (χ4n) is 1.56. The third-order valence-corrected chi connectivity index (χ3v) is 2.47. The highest BCUT2D eigenvalue weighted by Gasteiger charge is 2.30. The molecule has 0 saturated heterocycles. The summed E-state index contributed by atoms with van der Waals surface area (Å²) in [6, 6.07) is 0.287. The van der Waals surface area contributed by atoms with Gasteiger partial charge in [0.25, 0.3) is 0 Å². The lowest BCUT2D eigenvalue weighted by molar-refractivity contribution is -0.324. The third kappa shape index (κ3) is 2.59. The summed E-state index contributed by atoms with van der Waals surface area (Å²) >= 11 is 0. The van der Waals surface area contributed by atoms with Crippen LogP contribution in [-0.4, -0.2) is 36.6 Å². The second kappa shape index (κ2) is 5.50. The van der Waals surface area contributed by atoms with E-state index in [0.717, 1.165) is 5.23 Å². The molecular formula is C10H14N4O4. The van der Waals surface area contributed by atoms with Crippen molar-refractivity contribution in [3.63, 3.8) is 0 Å². The maximum Gasteiger partial charge on any atom is 0.346 e. The summed E-state index contributed by atoms with van der Waals surface area (Å²) in [6.45, 7) is 2.17. The Kier molecular flexibility index (Phi) is 3.78. The van der Waals surface area contributed by atoms with E-state index < -0.39 is 11.9 Å². The van der Waals surface area contributed by atoms with Crippen LogP contribution in [0.1, 0.15) is 13.3 Å². The van der Waals surface area contributed by atoms with Gasteiger partial charge in [-0.2, -0.15) is 0 Å². The standard InChI is InChI=1S/C10H14N4O4/c1-3-8-7(6-11-10(13-8)16-2)9(15)17-14-5-4-12-18-14/h4-5,7,12H,3,6H2,1-2H3. The molecule has 8 nitrogen and oxygen atoms in total. The monoisotopic (exact) mass is 254 g/mol. The van der Waals surface area contributed by atoms with Crippen molar-refractivity contribution in [3.05, 3.63) is 12.4 Å². The molecule has 2 aliphatic heterocycles. The van der Waals surface area contributed by atoms with Gasteiger partial charge in [0, 0.05) is 11.9 Å². The predicted molar refractivity (Wildman–Crippen MR) is 61.8 cm³/mol. The topological polar surface area (TPSA) is 84.8 Å². The zero-order valence-corrected chi connectivity index (χ0v) is 10.1. The third-order valence-electron chi connectivity index (χ3n) is 2.47. The van der Waals surface area contributed by atoms with E-state index in [2.05, 4.69) is 15.5 Å². The lowest BCUT2D eigenvalue weighted by Gasteiger charge is -2.20. The molecule has 0 aromatic heterocycles. The Labute approximate surface area is 104 Å². The second-order valence-electron chi connectivity index (χ2n) is 3.56. The van der Waals surface area contributed by atoms with Gasteiger partial charge in [0.05, 0.1) is 19.9 Å². The summed E-state index contributed by atoms with van der Waals surface area (Å²) in [5.74, 6) is -0.977. The van der Waals surface area contributed by atoms with Crippen LogP contribution in [0, 0.1) is 5.92 Å². The van der Waals surface area contributed by atoms with Crippen LogP contribution in [0.2, 0.25) is 0 Å². The molecule has 0 amide bonds. The minimum Gasteiger partial charge on any atom is -0.467 e. The highest BCUT2D eigenvalue weighted by atomic mass is 17.0. The molecule has 0 radical (unpaired) electrons. The molecule has 2 heterocycles. The number of carbonyl (C=O) groups excluding carboxylic acids is 1. The number of hydrogen-bond donors (Lipinski definition) is 1. The molecule has 98 valence electrons. The first-order valence-corrected chi connectivity index (χ1v) is 5.50. The van der Waals surface area contributed by atoms with E-state index in [1.807, 2.05) is 6.92 Å². The van der Waals surface area contributed by atoms with Crippen molar-refractivity contribution in [1.82, 2.24) is 10.7 Å². The van der Waals surface area contributed by atoms with Crippen molar-refractivity contribution in [1.29, 1.82) is 0 Å². The van der Waals surface area contributed by atoms with Gasteiger partial charge in [0.2, 0.25) is 0 Å². The van der Waals surface area contributed by atoms with Crippen molar-refractivity contribution >= 4 is 17.7 Å². The molecule has 1 N–H and O–H groups in total. The summed E-state index contributed by atoms with van der Waals surface area (Å²) in [4.78, 5) is 29.8. The summed E-state index contributed by atoms with van der Waals surface area (Å²) in [5, 5.41) is 0.936. The molecule has 0 spiro atoms. The van der Waals surface area contributed by atoms with Gasteiger partial charge in [0.1, 0.15) is 5.92 Å². The minimum atomic E-state index is -0.508. The van der Waals surface area contributed by atoms with E-state index in [9.17, 15) is 4.79 Å². The average molecular weight is 254 g/mol. The Bertz CT molecular complexity index is 418. The molecule has 0 aliphatic carbocycles. The Hall–Kier alpha value is -2.09. The zero-order chi connectivity index (χ0) is 13.0. The van der Waals surface area contributed by atoms with Gasteiger partial charge < -0.3 is 9.57 Å². The number of carbonyl (C=O) groups is 1. The average Bonchev–Trinajstić information content (AvgIpc) is 2.90.